The third kappa shape index (κ3) is 4.64. The van der Waals surface area contributed by atoms with Gasteiger partial charge < -0.3 is 14.8 Å². The van der Waals surface area contributed by atoms with Crippen LogP contribution in [0.25, 0.3) is 0 Å². The Morgan fingerprint density at radius 2 is 1.59 bits per heavy atom. The topological polar surface area (TPSA) is 71.4 Å². The summed E-state index contributed by atoms with van der Waals surface area (Å²) in [4.78, 5) is 41.6. The Labute approximate surface area is 189 Å². The molecule has 1 unspecified atom stereocenters. The summed E-state index contributed by atoms with van der Waals surface area (Å²) < 4.78 is 1.85. The lowest BCUT2D eigenvalue weighted by Crippen LogP contribution is -2.41. The van der Waals surface area contributed by atoms with Crippen LogP contribution in [0.2, 0.25) is 0 Å². The van der Waals surface area contributed by atoms with Gasteiger partial charge in [-0.2, -0.15) is 0 Å². The van der Waals surface area contributed by atoms with Crippen molar-refractivity contribution in [1.29, 1.82) is 0 Å². The summed E-state index contributed by atoms with van der Waals surface area (Å²) >= 11 is 0. The first-order valence-corrected chi connectivity index (χ1v) is 11.9. The number of fused-ring (bicyclic) bond motifs is 1. The fraction of sp³-hybridized carbons (Fsp3) is 0.500. The Hall–Kier alpha value is -2.89. The molecule has 1 aliphatic carbocycles. The van der Waals surface area contributed by atoms with Gasteiger partial charge in [0.1, 0.15) is 11.1 Å². The van der Waals surface area contributed by atoms with E-state index in [2.05, 4.69) is 24.4 Å². The van der Waals surface area contributed by atoms with Crippen LogP contribution in [-0.4, -0.2) is 40.4 Å². The van der Waals surface area contributed by atoms with Crippen molar-refractivity contribution in [2.24, 2.45) is 0 Å². The Kier molecular flexibility index (Phi) is 6.77. The number of aromatic nitrogens is 1. The van der Waals surface area contributed by atoms with Crippen molar-refractivity contribution >= 4 is 11.8 Å². The van der Waals surface area contributed by atoms with Gasteiger partial charge in [0.15, 0.2) is 0 Å². The van der Waals surface area contributed by atoms with Crippen LogP contribution in [0.4, 0.5) is 0 Å². The first-order chi connectivity index (χ1) is 15.5. The van der Waals surface area contributed by atoms with E-state index < -0.39 is 11.3 Å². The van der Waals surface area contributed by atoms with E-state index in [1.54, 1.807) is 17.3 Å². The summed E-state index contributed by atoms with van der Waals surface area (Å²) in [5.74, 6) is -0.646. The Balaban J connectivity index is 1.62. The number of rotatable bonds is 5. The minimum atomic E-state index is -0.466. The zero-order valence-corrected chi connectivity index (χ0v) is 19.1. The van der Waals surface area contributed by atoms with Gasteiger partial charge in [-0.25, -0.2) is 0 Å². The second-order valence-corrected chi connectivity index (χ2v) is 9.17. The molecule has 1 saturated heterocycles. The highest BCUT2D eigenvalue weighted by Crippen LogP contribution is 2.22. The summed E-state index contributed by atoms with van der Waals surface area (Å²) in [6.07, 6.45) is 9.72. The molecule has 0 bridgehead atoms. The quantitative estimate of drug-likeness (QED) is 0.778. The molecule has 2 amide bonds. The van der Waals surface area contributed by atoms with Crippen molar-refractivity contribution in [2.45, 2.75) is 70.9 Å². The largest absolute Gasteiger partial charge is 0.350 e. The van der Waals surface area contributed by atoms with Crippen LogP contribution in [0.1, 0.15) is 83.8 Å². The minimum absolute atomic E-state index is 0.0405. The van der Waals surface area contributed by atoms with Gasteiger partial charge in [-0.1, -0.05) is 44.0 Å². The molecule has 0 saturated carbocycles. The van der Waals surface area contributed by atoms with Gasteiger partial charge in [0.25, 0.3) is 11.8 Å². The van der Waals surface area contributed by atoms with Gasteiger partial charge >= 0.3 is 0 Å². The van der Waals surface area contributed by atoms with E-state index in [4.69, 9.17) is 0 Å². The fourth-order valence-corrected chi connectivity index (χ4v) is 4.75. The molecule has 2 aromatic rings. The molecule has 170 valence electrons. The molecule has 0 spiro atoms. The van der Waals surface area contributed by atoms with E-state index in [0.29, 0.717) is 13.1 Å². The molecule has 1 aromatic heterocycles. The van der Waals surface area contributed by atoms with Gasteiger partial charge in [0.05, 0.1) is 0 Å². The van der Waals surface area contributed by atoms with Crippen molar-refractivity contribution in [1.82, 2.24) is 14.8 Å². The lowest BCUT2D eigenvalue weighted by Gasteiger charge is -2.22. The fourth-order valence-electron chi connectivity index (χ4n) is 4.75. The second kappa shape index (κ2) is 9.72. The van der Waals surface area contributed by atoms with Crippen molar-refractivity contribution in [3.63, 3.8) is 0 Å². The Morgan fingerprint density at radius 3 is 2.19 bits per heavy atom. The van der Waals surface area contributed by atoms with Crippen molar-refractivity contribution < 1.29 is 9.59 Å². The highest BCUT2D eigenvalue weighted by molar-refractivity contribution is 5.99. The average molecular weight is 436 g/mol. The number of carbonyl (C=O) groups is 2. The van der Waals surface area contributed by atoms with Crippen LogP contribution >= 0.6 is 0 Å². The van der Waals surface area contributed by atoms with Crippen LogP contribution in [0.5, 0.6) is 0 Å². The highest BCUT2D eigenvalue weighted by atomic mass is 16.2. The predicted molar refractivity (Wildman–Crippen MR) is 125 cm³/mol. The Morgan fingerprint density at radius 1 is 1.00 bits per heavy atom. The monoisotopic (exact) mass is 435 g/mol. The molecule has 1 fully saturated rings. The van der Waals surface area contributed by atoms with Gasteiger partial charge in [0.2, 0.25) is 5.43 Å². The van der Waals surface area contributed by atoms with Crippen LogP contribution in [0.3, 0.4) is 0 Å². The van der Waals surface area contributed by atoms with Crippen LogP contribution in [-0.2, 0) is 12.8 Å². The number of benzene rings is 1. The second-order valence-electron chi connectivity index (χ2n) is 9.17. The lowest BCUT2D eigenvalue weighted by atomic mass is 10.1. The van der Waals surface area contributed by atoms with Crippen LogP contribution < -0.4 is 10.7 Å². The molecule has 1 aliphatic heterocycles. The SMILES string of the molecule is CCC(C)n1cc(C(=O)NC2Cc3ccccc3C2)c(=O)c(C(=O)N2CCCCCC2)c1. The number of amides is 2. The molecule has 0 radical (unpaired) electrons. The third-order valence-corrected chi connectivity index (χ3v) is 6.90. The van der Waals surface area contributed by atoms with E-state index in [-0.39, 0.29) is 29.1 Å². The molecule has 6 nitrogen and oxygen atoms in total. The van der Waals surface area contributed by atoms with E-state index >= 15 is 0 Å². The van der Waals surface area contributed by atoms with E-state index in [1.165, 1.54) is 11.1 Å². The smallest absolute Gasteiger partial charge is 0.259 e. The molecule has 2 aliphatic rings. The molecular formula is C26H33N3O3. The van der Waals surface area contributed by atoms with Crippen molar-refractivity contribution in [3.05, 3.63) is 69.1 Å². The summed E-state index contributed by atoms with van der Waals surface area (Å²) in [5, 5.41) is 3.05. The van der Waals surface area contributed by atoms with Crippen LogP contribution in [0.15, 0.2) is 41.5 Å². The maximum atomic E-state index is 13.3. The van der Waals surface area contributed by atoms with Gasteiger partial charge in [-0.15, -0.1) is 0 Å². The maximum Gasteiger partial charge on any atom is 0.259 e. The van der Waals surface area contributed by atoms with Crippen molar-refractivity contribution in [3.8, 4) is 0 Å². The molecule has 4 rings (SSSR count). The first kappa shape index (κ1) is 22.3. The maximum absolute atomic E-state index is 13.3. The lowest BCUT2D eigenvalue weighted by molar-refractivity contribution is 0.0759. The average Bonchev–Trinajstić information content (AvgIpc) is 3.01. The number of carbonyl (C=O) groups excluding carboxylic acids is 2. The van der Waals surface area contributed by atoms with Gasteiger partial charge in [-0.05, 0) is 50.2 Å². The van der Waals surface area contributed by atoms with E-state index in [9.17, 15) is 14.4 Å². The van der Waals surface area contributed by atoms with Crippen molar-refractivity contribution in [2.75, 3.05) is 13.1 Å². The summed E-state index contributed by atoms with van der Waals surface area (Å²) in [6, 6.07) is 8.21. The molecule has 6 heteroatoms. The third-order valence-electron chi connectivity index (χ3n) is 6.90. The van der Waals surface area contributed by atoms with Gasteiger partial charge in [0, 0.05) is 37.6 Å². The number of likely N-dealkylation sites (tertiary alicyclic amines) is 1. The number of hydrogen-bond acceptors (Lipinski definition) is 3. The summed E-state index contributed by atoms with van der Waals surface area (Å²) in [6.45, 7) is 5.41. The summed E-state index contributed by atoms with van der Waals surface area (Å²) in [5.41, 5.74) is 2.17. The first-order valence-electron chi connectivity index (χ1n) is 11.9. The minimum Gasteiger partial charge on any atom is -0.350 e. The Bertz CT molecular complexity index is 1030. The number of nitrogens with zero attached hydrogens (tertiary/aromatic N) is 2. The molecule has 1 N–H and O–H groups in total. The molecule has 1 aromatic carbocycles. The number of nitrogens with one attached hydrogen (secondary N) is 1. The predicted octanol–water partition coefficient (Wildman–Crippen LogP) is 3.73. The number of pyridine rings is 1. The van der Waals surface area contributed by atoms with E-state index in [1.807, 2.05) is 23.6 Å². The molecule has 1 atom stereocenters. The van der Waals surface area contributed by atoms with Gasteiger partial charge in [-0.3, -0.25) is 14.4 Å². The molecule has 2 heterocycles. The van der Waals surface area contributed by atoms with E-state index in [0.717, 1.165) is 44.9 Å². The number of hydrogen-bond donors (Lipinski definition) is 1. The molecular weight excluding hydrogens is 402 g/mol. The standard InChI is InChI=1S/C26H33N3O3/c1-3-18(2)29-16-22(25(31)27-21-14-19-10-6-7-11-20(19)15-21)24(30)23(17-29)26(32)28-12-8-4-5-9-13-28/h6-7,10-11,16-18,21H,3-5,8-9,12-15H2,1-2H3,(H,27,31). The highest BCUT2D eigenvalue weighted by Gasteiger charge is 2.27. The zero-order chi connectivity index (χ0) is 22.7. The molecule has 32 heavy (non-hydrogen) atoms. The zero-order valence-electron chi connectivity index (χ0n) is 19.1. The normalized spacial score (nSPS) is 17.5. The summed E-state index contributed by atoms with van der Waals surface area (Å²) in [7, 11) is 0. The van der Waals surface area contributed by atoms with Crippen LogP contribution in [0, 0.1) is 0 Å².